The number of azo groups is 1. The number of phenolic OH excluding ortho intramolecular Hbond substituents is 1. The van der Waals surface area contributed by atoms with Crippen molar-refractivity contribution in [1.82, 2.24) is 9.78 Å². The number of aromatic hydroxyl groups is 1. The highest BCUT2D eigenvalue weighted by atomic mass is 32.2. The Bertz CT molecular complexity index is 1450. The van der Waals surface area contributed by atoms with Gasteiger partial charge in [-0.15, -0.1) is 10.2 Å². The highest BCUT2D eigenvalue weighted by molar-refractivity contribution is 7.89. The second kappa shape index (κ2) is 7.25. The lowest BCUT2D eigenvalue weighted by atomic mass is 10.1. The second-order valence-corrected chi connectivity index (χ2v) is 8.12. The fraction of sp³-hybridized carbons (Fsp3) is 0.0500. The standard InChI is InChI=1S/C20H17N5O4S/c1-12-18(20(27)25(24-12)13-7-3-2-4-8-13)22-23-19-15-10-6-5-9-14(15)17(11-16(19)26)30(21,28)29/h2-11,24,26H,1H3,(H2,21,28,29)/b23-22+. The van der Waals surface area contributed by atoms with E-state index in [0.29, 0.717) is 22.2 Å². The Morgan fingerprint density at radius 1 is 0.967 bits per heavy atom. The third kappa shape index (κ3) is 3.38. The quantitative estimate of drug-likeness (QED) is 0.432. The van der Waals surface area contributed by atoms with Gasteiger partial charge in [0, 0.05) is 16.8 Å². The van der Waals surface area contributed by atoms with E-state index in [-0.39, 0.29) is 16.3 Å². The number of primary sulfonamides is 1. The van der Waals surface area contributed by atoms with Crippen LogP contribution in [0.4, 0.5) is 11.4 Å². The van der Waals surface area contributed by atoms with E-state index in [1.807, 2.05) is 6.07 Å². The first-order chi connectivity index (χ1) is 14.3. The minimum absolute atomic E-state index is 0.0317. The van der Waals surface area contributed by atoms with Crippen molar-refractivity contribution < 1.29 is 13.5 Å². The Morgan fingerprint density at radius 2 is 1.57 bits per heavy atom. The van der Waals surface area contributed by atoms with E-state index in [9.17, 15) is 18.3 Å². The fourth-order valence-electron chi connectivity index (χ4n) is 3.17. The summed E-state index contributed by atoms with van der Waals surface area (Å²) in [5, 5.41) is 27.3. The maximum Gasteiger partial charge on any atom is 0.299 e. The van der Waals surface area contributed by atoms with Gasteiger partial charge in [0.2, 0.25) is 10.0 Å². The van der Waals surface area contributed by atoms with Crippen LogP contribution in [0, 0.1) is 6.92 Å². The summed E-state index contributed by atoms with van der Waals surface area (Å²) in [5.41, 5.74) is 0.810. The van der Waals surface area contributed by atoms with Crippen molar-refractivity contribution in [2.24, 2.45) is 15.4 Å². The van der Waals surface area contributed by atoms with Gasteiger partial charge in [0.05, 0.1) is 16.3 Å². The number of para-hydroxylation sites is 1. The van der Waals surface area contributed by atoms with Gasteiger partial charge in [-0.2, -0.15) is 0 Å². The van der Waals surface area contributed by atoms with E-state index in [4.69, 9.17) is 5.14 Å². The van der Waals surface area contributed by atoms with Crippen LogP contribution in [0.25, 0.3) is 16.5 Å². The topological polar surface area (TPSA) is 143 Å². The molecule has 0 aliphatic heterocycles. The largest absolute Gasteiger partial charge is 0.506 e. The highest BCUT2D eigenvalue weighted by Crippen LogP contribution is 2.39. The van der Waals surface area contributed by atoms with Crippen LogP contribution in [-0.2, 0) is 10.0 Å². The number of rotatable bonds is 4. The summed E-state index contributed by atoms with van der Waals surface area (Å²) < 4.78 is 25.1. The minimum atomic E-state index is -4.07. The molecule has 4 rings (SSSR count). The van der Waals surface area contributed by atoms with Gasteiger partial charge < -0.3 is 5.11 Å². The first kappa shape index (κ1) is 19.6. The number of sulfonamides is 1. The van der Waals surface area contributed by atoms with Gasteiger partial charge in [-0.25, -0.2) is 18.2 Å². The van der Waals surface area contributed by atoms with Gasteiger partial charge in [0.25, 0.3) is 5.56 Å². The van der Waals surface area contributed by atoms with Crippen molar-refractivity contribution in [3.63, 3.8) is 0 Å². The molecule has 4 aromatic rings. The van der Waals surface area contributed by atoms with Crippen LogP contribution in [-0.4, -0.2) is 23.3 Å². The number of aryl methyl sites for hydroxylation is 1. The highest BCUT2D eigenvalue weighted by Gasteiger charge is 2.19. The van der Waals surface area contributed by atoms with Gasteiger partial charge in [-0.3, -0.25) is 9.89 Å². The molecule has 3 aromatic carbocycles. The zero-order valence-electron chi connectivity index (χ0n) is 15.8. The normalized spacial score (nSPS) is 12.1. The van der Waals surface area contributed by atoms with Gasteiger partial charge in [-0.1, -0.05) is 42.5 Å². The number of nitrogens with zero attached hydrogens (tertiary/aromatic N) is 3. The van der Waals surface area contributed by atoms with Gasteiger partial charge in [-0.05, 0) is 19.1 Å². The lowest BCUT2D eigenvalue weighted by Gasteiger charge is -2.08. The number of phenols is 1. The molecule has 4 N–H and O–H groups in total. The average Bonchev–Trinajstić information content (AvgIpc) is 3.00. The van der Waals surface area contributed by atoms with Crippen molar-refractivity contribution in [1.29, 1.82) is 0 Å². The van der Waals surface area contributed by atoms with Crippen LogP contribution in [0.1, 0.15) is 5.69 Å². The van der Waals surface area contributed by atoms with E-state index < -0.39 is 21.3 Å². The molecule has 1 heterocycles. The van der Waals surface area contributed by atoms with Crippen molar-refractivity contribution in [3.8, 4) is 11.4 Å². The molecule has 0 radical (unpaired) electrons. The molecule has 152 valence electrons. The van der Waals surface area contributed by atoms with E-state index in [0.717, 1.165) is 6.07 Å². The second-order valence-electron chi connectivity index (χ2n) is 6.59. The Balaban J connectivity index is 1.86. The molecule has 0 bridgehead atoms. The fourth-order valence-corrected chi connectivity index (χ4v) is 3.93. The molecular weight excluding hydrogens is 406 g/mol. The summed E-state index contributed by atoms with van der Waals surface area (Å²) in [5.74, 6) is -0.418. The molecule has 0 amide bonds. The van der Waals surface area contributed by atoms with Gasteiger partial charge in [0.15, 0.2) is 5.69 Å². The SMILES string of the molecule is Cc1[nH]n(-c2ccccc2)c(=O)c1/N=N/c1c(O)cc(S(N)(=O)=O)c2ccccc12. The number of nitrogens with one attached hydrogen (secondary N) is 1. The molecule has 1 aromatic heterocycles. The molecule has 10 heteroatoms. The molecule has 9 nitrogen and oxygen atoms in total. The number of hydrogen-bond donors (Lipinski definition) is 3. The van der Waals surface area contributed by atoms with E-state index in [2.05, 4.69) is 15.3 Å². The van der Waals surface area contributed by atoms with Crippen molar-refractivity contribution in [3.05, 3.63) is 76.7 Å². The van der Waals surface area contributed by atoms with Crippen LogP contribution in [0.2, 0.25) is 0 Å². The van der Waals surface area contributed by atoms with Crippen molar-refractivity contribution >= 4 is 32.2 Å². The number of fused-ring (bicyclic) bond motifs is 1. The lowest BCUT2D eigenvalue weighted by molar-refractivity contribution is 0.475. The van der Waals surface area contributed by atoms with Crippen molar-refractivity contribution in [2.75, 3.05) is 0 Å². The van der Waals surface area contributed by atoms with E-state index >= 15 is 0 Å². The molecule has 0 aliphatic carbocycles. The predicted octanol–water partition coefficient (Wildman–Crippen LogP) is 3.40. The number of nitrogens with two attached hydrogens (primary N) is 1. The lowest BCUT2D eigenvalue weighted by Crippen LogP contribution is -2.13. The van der Waals surface area contributed by atoms with Crippen LogP contribution in [0.15, 0.2) is 80.6 Å². The zero-order chi connectivity index (χ0) is 21.5. The van der Waals surface area contributed by atoms with Crippen LogP contribution >= 0.6 is 0 Å². The van der Waals surface area contributed by atoms with Crippen LogP contribution in [0.5, 0.6) is 5.75 Å². The molecule has 0 fully saturated rings. The molecule has 0 aliphatic rings. The summed E-state index contributed by atoms with van der Waals surface area (Å²) >= 11 is 0. The molecule has 0 saturated heterocycles. The van der Waals surface area contributed by atoms with Crippen molar-refractivity contribution in [2.45, 2.75) is 11.8 Å². The number of benzene rings is 3. The minimum Gasteiger partial charge on any atom is -0.506 e. The zero-order valence-corrected chi connectivity index (χ0v) is 16.6. The average molecular weight is 423 g/mol. The summed E-state index contributed by atoms with van der Waals surface area (Å²) in [6, 6.07) is 16.4. The summed E-state index contributed by atoms with van der Waals surface area (Å²) in [7, 11) is -4.07. The Labute approximate surface area is 171 Å². The van der Waals surface area contributed by atoms with Gasteiger partial charge in [0.1, 0.15) is 11.4 Å². The van der Waals surface area contributed by atoms with Gasteiger partial charge >= 0.3 is 0 Å². The molecule has 0 spiro atoms. The monoisotopic (exact) mass is 423 g/mol. The Kier molecular flexibility index (Phi) is 4.72. The third-order valence-electron chi connectivity index (χ3n) is 4.57. The van der Waals surface area contributed by atoms with E-state index in [1.54, 1.807) is 55.5 Å². The molecule has 0 unspecified atom stereocenters. The molecule has 0 atom stereocenters. The Hall–Kier alpha value is -3.76. The Morgan fingerprint density at radius 3 is 2.23 bits per heavy atom. The number of aromatic amines is 1. The summed E-state index contributed by atoms with van der Waals surface area (Å²) in [6.45, 7) is 1.68. The number of H-pyrrole nitrogens is 1. The van der Waals surface area contributed by atoms with E-state index in [1.165, 1.54) is 4.68 Å². The molecule has 0 saturated carbocycles. The maximum absolute atomic E-state index is 12.8. The summed E-state index contributed by atoms with van der Waals surface area (Å²) in [4.78, 5) is 12.5. The number of aromatic nitrogens is 2. The molecule has 30 heavy (non-hydrogen) atoms. The van der Waals surface area contributed by atoms with Crippen LogP contribution in [0.3, 0.4) is 0 Å². The summed E-state index contributed by atoms with van der Waals surface area (Å²) in [6.07, 6.45) is 0. The maximum atomic E-state index is 12.8. The smallest absolute Gasteiger partial charge is 0.299 e. The first-order valence-electron chi connectivity index (χ1n) is 8.83. The predicted molar refractivity (Wildman–Crippen MR) is 112 cm³/mol. The first-order valence-corrected chi connectivity index (χ1v) is 10.4. The number of hydrogen-bond acceptors (Lipinski definition) is 6. The van der Waals surface area contributed by atoms with Crippen LogP contribution < -0.4 is 10.7 Å². The molecular formula is C20H17N5O4S. The third-order valence-corrected chi connectivity index (χ3v) is 5.52.